The first-order valence-corrected chi connectivity index (χ1v) is 8.34. The molecule has 1 spiro atoms. The van der Waals surface area contributed by atoms with Gasteiger partial charge in [0.1, 0.15) is 11.6 Å². The molecule has 5 nitrogen and oxygen atoms in total. The van der Waals surface area contributed by atoms with Crippen LogP contribution in [0.5, 0.6) is 0 Å². The molecule has 1 aliphatic carbocycles. The van der Waals surface area contributed by atoms with E-state index in [4.69, 9.17) is 5.73 Å². The van der Waals surface area contributed by atoms with E-state index in [9.17, 15) is 0 Å². The molecule has 3 rings (SSSR count). The molecular weight excluding hydrogens is 262 g/mol. The van der Waals surface area contributed by atoms with Crippen molar-refractivity contribution in [2.45, 2.75) is 51.9 Å². The quantitative estimate of drug-likeness (QED) is 0.891. The van der Waals surface area contributed by atoms with E-state index >= 15 is 0 Å². The highest BCUT2D eigenvalue weighted by Gasteiger charge is 2.37. The molecule has 0 aromatic carbocycles. The molecule has 0 unspecified atom stereocenters. The first-order valence-electron chi connectivity index (χ1n) is 8.34. The fourth-order valence-electron chi connectivity index (χ4n) is 3.79. The lowest BCUT2D eigenvalue weighted by atomic mass is 9.77. The fraction of sp³-hybridized carbons (Fsp3) is 0.750. The van der Waals surface area contributed by atoms with Crippen molar-refractivity contribution in [1.82, 2.24) is 9.97 Å². The van der Waals surface area contributed by atoms with Crippen molar-refractivity contribution in [3.63, 3.8) is 0 Å². The Kier molecular flexibility index (Phi) is 4.17. The molecule has 5 heteroatoms. The van der Waals surface area contributed by atoms with Crippen LogP contribution in [-0.2, 0) is 0 Å². The Labute approximate surface area is 127 Å². The number of nitrogen functional groups attached to an aromatic ring is 1. The van der Waals surface area contributed by atoms with Crippen molar-refractivity contribution in [2.24, 2.45) is 5.41 Å². The minimum Gasteiger partial charge on any atom is -0.370 e. The van der Waals surface area contributed by atoms with E-state index in [1.54, 1.807) is 0 Å². The molecule has 1 aromatic heterocycles. The Bertz CT molecular complexity index is 472. The van der Waals surface area contributed by atoms with Crippen molar-refractivity contribution < 1.29 is 0 Å². The molecule has 116 valence electrons. The molecule has 0 radical (unpaired) electrons. The topological polar surface area (TPSA) is 67.1 Å². The van der Waals surface area contributed by atoms with E-state index in [0.29, 0.717) is 11.4 Å². The SMILES string of the molecule is CCCNc1cc(N2CCC3(CCCC3)CC2)nc(N)n1. The Morgan fingerprint density at radius 3 is 2.57 bits per heavy atom. The van der Waals surface area contributed by atoms with E-state index < -0.39 is 0 Å². The molecule has 3 N–H and O–H groups in total. The van der Waals surface area contributed by atoms with Crippen LogP contribution in [-0.4, -0.2) is 29.6 Å². The second-order valence-electron chi connectivity index (χ2n) is 6.59. The Morgan fingerprint density at radius 1 is 1.19 bits per heavy atom. The average Bonchev–Trinajstić information content (AvgIpc) is 2.93. The first kappa shape index (κ1) is 14.4. The highest BCUT2D eigenvalue weighted by Crippen LogP contribution is 2.46. The number of nitrogens with zero attached hydrogens (tertiary/aromatic N) is 3. The zero-order valence-corrected chi connectivity index (χ0v) is 13.1. The predicted octanol–water partition coefficient (Wildman–Crippen LogP) is 3.04. The van der Waals surface area contributed by atoms with Gasteiger partial charge in [0.05, 0.1) is 0 Å². The molecular formula is C16H27N5. The number of hydrogen-bond acceptors (Lipinski definition) is 5. The second-order valence-corrected chi connectivity index (χ2v) is 6.59. The number of hydrogen-bond donors (Lipinski definition) is 2. The molecule has 1 saturated carbocycles. The summed E-state index contributed by atoms with van der Waals surface area (Å²) in [5.41, 5.74) is 6.50. The van der Waals surface area contributed by atoms with E-state index in [2.05, 4.69) is 27.1 Å². The van der Waals surface area contributed by atoms with Crippen LogP contribution in [0.25, 0.3) is 0 Å². The first-order chi connectivity index (χ1) is 10.2. The Hall–Kier alpha value is -1.52. The van der Waals surface area contributed by atoms with Crippen molar-refractivity contribution in [3.05, 3.63) is 6.07 Å². The van der Waals surface area contributed by atoms with Gasteiger partial charge in [-0.25, -0.2) is 0 Å². The zero-order chi connectivity index (χ0) is 14.7. The maximum absolute atomic E-state index is 5.86. The molecule has 0 atom stereocenters. The highest BCUT2D eigenvalue weighted by molar-refractivity contribution is 5.52. The summed E-state index contributed by atoms with van der Waals surface area (Å²) in [5, 5.41) is 3.31. The van der Waals surface area contributed by atoms with Gasteiger partial charge in [0, 0.05) is 25.7 Å². The van der Waals surface area contributed by atoms with Crippen LogP contribution >= 0.6 is 0 Å². The number of piperidine rings is 1. The van der Waals surface area contributed by atoms with Crippen LogP contribution in [0.15, 0.2) is 6.07 Å². The van der Waals surface area contributed by atoms with Gasteiger partial charge >= 0.3 is 0 Å². The van der Waals surface area contributed by atoms with Crippen LogP contribution in [0.2, 0.25) is 0 Å². The Balaban J connectivity index is 1.68. The fourth-order valence-corrected chi connectivity index (χ4v) is 3.79. The van der Waals surface area contributed by atoms with E-state index in [1.807, 2.05) is 6.07 Å². The van der Waals surface area contributed by atoms with E-state index in [1.165, 1.54) is 38.5 Å². The smallest absolute Gasteiger partial charge is 0.223 e. The van der Waals surface area contributed by atoms with Crippen molar-refractivity contribution in [3.8, 4) is 0 Å². The average molecular weight is 289 g/mol. The van der Waals surface area contributed by atoms with Crippen molar-refractivity contribution >= 4 is 17.6 Å². The van der Waals surface area contributed by atoms with Crippen LogP contribution in [0.3, 0.4) is 0 Å². The normalized spacial score (nSPS) is 20.9. The van der Waals surface area contributed by atoms with E-state index in [0.717, 1.165) is 37.7 Å². The summed E-state index contributed by atoms with van der Waals surface area (Å²) in [4.78, 5) is 11.1. The van der Waals surface area contributed by atoms with E-state index in [-0.39, 0.29) is 0 Å². The summed E-state index contributed by atoms with van der Waals surface area (Å²) in [5.74, 6) is 2.20. The molecule has 1 aromatic rings. The summed E-state index contributed by atoms with van der Waals surface area (Å²) in [6.45, 7) is 5.26. The maximum atomic E-state index is 5.86. The number of rotatable bonds is 4. The summed E-state index contributed by atoms with van der Waals surface area (Å²) < 4.78 is 0. The second kappa shape index (κ2) is 6.08. The molecule has 2 aliphatic rings. The lowest BCUT2D eigenvalue weighted by Gasteiger charge is -2.40. The highest BCUT2D eigenvalue weighted by atomic mass is 15.2. The third kappa shape index (κ3) is 3.22. The van der Waals surface area contributed by atoms with Crippen LogP contribution < -0.4 is 16.0 Å². The monoisotopic (exact) mass is 289 g/mol. The van der Waals surface area contributed by atoms with Gasteiger partial charge in [-0.1, -0.05) is 19.8 Å². The lowest BCUT2D eigenvalue weighted by Crippen LogP contribution is -2.39. The minimum atomic E-state index is 0.368. The number of anilines is 3. The summed E-state index contributed by atoms with van der Waals surface area (Å²) in [6.07, 6.45) is 9.37. The standard InChI is InChI=1S/C16H27N5/c1-2-9-18-13-12-14(20-15(17)19-13)21-10-7-16(8-11-21)5-3-4-6-16/h12H,2-11H2,1H3,(H3,17,18,19,20). The van der Waals surface area contributed by atoms with Gasteiger partial charge in [-0.3, -0.25) is 0 Å². The van der Waals surface area contributed by atoms with Gasteiger partial charge in [0.2, 0.25) is 5.95 Å². The Morgan fingerprint density at radius 2 is 1.90 bits per heavy atom. The zero-order valence-electron chi connectivity index (χ0n) is 13.1. The summed E-state index contributed by atoms with van der Waals surface area (Å²) >= 11 is 0. The third-order valence-electron chi connectivity index (χ3n) is 5.10. The largest absolute Gasteiger partial charge is 0.370 e. The number of nitrogens with two attached hydrogens (primary N) is 1. The molecule has 1 saturated heterocycles. The number of aromatic nitrogens is 2. The van der Waals surface area contributed by atoms with Crippen molar-refractivity contribution in [2.75, 3.05) is 35.6 Å². The van der Waals surface area contributed by atoms with Gasteiger partial charge in [-0.05, 0) is 37.5 Å². The summed E-state index contributed by atoms with van der Waals surface area (Å²) in [6, 6.07) is 2.04. The summed E-state index contributed by atoms with van der Waals surface area (Å²) in [7, 11) is 0. The van der Waals surface area contributed by atoms with Gasteiger partial charge in [0.25, 0.3) is 0 Å². The minimum absolute atomic E-state index is 0.368. The molecule has 2 heterocycles. The van der Waals surface area contributed by atoms with Crippen LogP contribution in [0.4, 0.5) is 17.6 Å². The molecule has 2 fully saturated rings. The molecule has 21 heavy (non-hydrogen) atoms. The van der Waals surface area contributed by atoms with Crippen molar-refractivity contribution in [1.29, 1.82) is 0 Å². The van der Waals surface area contributed by atoms with Gasteiger partial charge in [-0.15, -0.1) is 0 Å². The van der Waals surface area contributed by atoms with Gasteiger partial charge in [-0.2, -0.15) is 9.97 Å². The van der Waals surface area contributed by atoms with Gasteiger partial charge < -0.3 is 16.0 Å². The van der Waals surface area contributed by atoms with Gasteiger partial charge in [0.15, 0.2) is 0 Å². The van der Waals surface area contributed by atoms with Crippen LogP contribution in [0.1, 0.15) is 51.9 Å². The number of nitrogens with one attached hydrogen (secondary N) is 1. The molecule has 0 amide bonds. The third-order valence-corrected chi connectivity index (χ3v) is 5.10. The predicted molar refractivity (Wildman–Crippen MR) is 87.6 cm³/mol. The molecule has 0 bridgehead atoms. The lowest BCUT2D eigenvalue weighted by molar-refractivity contribution is 0.226. The maximum Gasteiger partial charge on any atom is 0.223 e. The van der Waals surface area contributed by atoms with Crippen LogP contribution in [0, 0.1) is 5.41 Å². The molecule has 1 aliphatic heterocycles.